The average molecular weight is 605 g/mol. The molecule has 0 saturated heterocycles. The van der Waals surface area contributed by atoms with Crippen LogP contribution < -0.4 is 0 Å². The maximum absolute atomic E-state index is 9.56. The lowest BCUT2D eigenvalue weighted by Crippen LogP contribution is -1.94. The van der Waals surface area contributed by atoms with E-state index < -0.39 is 24.2 Å². The summed E-state index contributed by atoms with van der Waals surface area (Å²) in [7, 11) is 0. The summed E-state index contributed by atoms with van der Waals surface area (Å²) in [5.41, 5.74) is 4.54. The molecule has 1 nitrogen and oxygen atoms in total. The van der Waals surface area contributed by atoms with Crippen LogP contribution in [0.3, 0.4) is 0 Å². The van der Waals surface area contributed by atoms with E-state index in [1.807, 2.05) is 121 Å². The Morgan fingerprint density at radius 2 is 0.957 bits per heavy atom. The van der Waals surface area contributed by atoms with Gasteiger partial charge in [-0.2, -0.15) is 0 Å². The summed E-state index contributed by atoms with van der Waals surface area (Å²) in [6, 6.07) is 35.8. The number of hydrogen-bond donors (Lipinski definition) is 0. The molecule has 47 heavy (non-hydrogen) atoms. The summed E-state index contributed by atoms with van der Waals surface area (Å²) in [6.45, 7) is 0. The van der Waals surface area contributed by atoms with Crippen LogP contribution in [-0.4, -0.2) is 0 Å². The van der Waals surface area contributed by atoms with Crippen LogP contribution >= 0.6 is 0 Å². The third-order valence-electron chi connectivity index (χ3n) is 9.29. The number of furan rings is 1. The molecule has 1 heterocycles. The molecule has 0 aliphatic rings. The van der Waals surface area contributed by atoms with Crippen molar-refractivity contribution >= 4 is 65.0 Å². The second kappa shape index (κ2) is 10.2. The molecular weight excluding hydrogens is 569 g/mol. The number of fused-ring (bicyclic) bond motifs is 8. The predicted molar refractivity (Wildman–Crippen MR) is 200 cm³/mol. The molecule has 0 radical (unpaired) electrons. The normalized spacial score (nSPS) is 14.2. The minimum Gasteiger partial charge on any atom is -0.455 e. The Morgan fingerprint density at radius 1 is 0.383 bits per heavy atom. The van der Waals surface area contributed by atoms with Crippen LogP contribution in [0.25, 0.3) is 98.4 Å². The van der Waals surface area contributed by atoms with Crippen LogP contribution in [0.1, 0.15) is 11.0 Å². The van der Waals surface area contributed by atoms with Gasteiger partial charge in [0.15, 0.2) is 0 Å². The van der Waals surface area contributed by atoms with Crippen molar-refractivity contribution in [2.45, 2.75) is 0 Å². The Hall–Kier alpha value is -6.18. The van der Waals surface area contributed by atoms with E-state index >= 15 is 0 Å². The summed E-state index contributed by atoms with van der Waals surface area (Å²) in [5, 5.41) is 5.84. The zero-order chi connectivity index (χ0) is 37.9. The van der Waals surface area contributed by atoms with E-state index in [1.165, 1.54) is 0 Å². The van der Waals surface area contributed by atoms with E-state index in [4.69, 9.17) is 9.90 Å². The van der Waals surface area contributed by atoms with Crippen molar-refractivity contribution in [1.82, 2.24) is 0 Å². The van der Waals surface area contributed by atoms with Crippen LogP contribution in [0, 0.1) is 0 Å². The summed E-state index contributed by atoms with van der Waals surface area (Å²) < 4.78 is 80.6. The van der Waals surface area contributed by atoms with E-state index in [-0.39, 0.29) is 51.3 Å². The van der Waals surface area contributed by atoms with Gasteiger partial charge in [0.05, 0.1) is 11.0 Å². The lowest BCUT2D eigenvalue weighted by Gasteiger charge is -2.21. The van der Waals surface area contributed by atoms with Crippen molar-refractivity contribution in [2.75, 3.05) is 0 Å². The van der Waals surface area contributed by atoms with Gasteiger partial charge < -0.3 is 4.42 Å². The van der Waals surface area contributed by atoms with Crippen molar-refractivity contribution in [1.29, 1.82) is 0 Å². The van der Waals surface area contributed by atoms with Gasteiger partial charge in [-0.05, 0) is 83.2 Å². The molecule has 10 rings (SSSR count). The fraction of sp³-hybridized carbons (Fsp3) is 0. The topological polar surface area (TPSA) is 13.1 Å². The largest absolute Gasteiger partial charge is 0.455 e. The van der Waals surface area contributed by atoms with Crippen molar-refractivity contribution in [2.24, 2.45) is 0 Å². The zero-order valence-electron chi connectivity index (χ0n) is 33.0. The van der Waals surface area contributed by atoms with Gasteiger partial charge in [0, 0.05) is 16.2 Å². The third-order valence-corrected chi connectivity index (χ3v) is 9.29. The van der Waals surface area contributed by atoms with Crippen LogP contribution in [-0.2, 0) is 0 Å². The van der Waals surface area contributed by atoms with E-state index in [9.17, 15) is 5.48 Å². The minimum atomic E-state index is -0.443. The highest BCUT2D eigenvalue weighted by atomic mass is 16.3. The summed E-state index contributed by atoms with van der Waals surface area (Å²) in [5.74, 6) is 0. The molecule has 218 valence electrons. The van der Waals surface area contributed by atoms with E-state index in [1.54, 1.807) is 0 Å². The molecule has 10 aromatic rings. The number of hydrogen-bond acceptors (Lipinski definition) is 1. The van der Waals surface area contributed by atoms with Gasteiger partial charge in [0.2, 0.25) is 0 Å². The average Bonchev–Trinajstić information content (AvgIpc) is 3.62. The van der Waals surface area contributed by atoms with E-state index in [2.05, 4.69) is 0 Å². The van der Waals surface area contributed by atoms with Gasteiger partial charge in [-0.3, -0.25) is 0 Å². The van der Waals surface area contributed by atoms with Crippen molar-refractivity contribution in [3.8, 4) is 33.4 Å². The number of benzene rings is 9. The van der Waals surface area contributed by atoms with Gasteiger partial charge in [0.1, 0.15) is 11.2 Å². The molecule has 0 fully saturated rings. The highest BCUT2D eigenvalue weighted by Crippen LogP contribution is 2.49. The van der Waals surface area contributed by atoms with Crippen LogP contribution in [0.5, 0.6) is 0 Å². The van der Waals surface area contributed by atoms with Crippen molar-refractivity contribution in [3.63, 3.8) is 0 Å². The second-order valence-electron chi connectivity index (χ2n) is 11.8. The quantitative estimate of drug-likeness (QED) is 0.183. The lowest BCUT2D eigenvalue weighted by atomic mass is 9.82. The molecule has 0 atom stereocenters. The zero-order valence-corrected chi connectivity index (χ0v) is 25.0. The standard InChI is InChI=1S/C46H28O/c1-2-15-31(16-3-1)42-32-17-6-4-13-29(32)25-27-39(42)44-36-21-10-8-19-34(36)43(35-20-9-11-22-37(35)44)38-23-12-24-41-45(38)40-28-26-30-14-5-7-18-33(30)46(40)47-41/h1-28H/i8D,9D,10D,11D,19D,20D,21D,22D. The minimum absolute atomic E-state index is 0.161. The molecule has 0 aliphatic carbocycles. The number of rotatable bonds is 3. The van der Waals surface area contributed by atoms with E-state index in [0.717, 1.165) is 38.1 Å². The lowest BCUT2D eigenvalue weighted by molar-refractivity contribution is 0.673. The monoisotopic (exact) mass is 604 g/mol. The van der Waals surface area contributed by atoms with Gasteiger partial charge >= 0.3 is 0 Å². The third kappa shape index (κ3) is 3.84. The van der Waals surface area contributed by atoms with E-state index in [0.29, 0.717) is 33.2 Å². The Labute approximate surface area is 283 Å². The van der Waals surface area contributed by atoms with Gasteiger partial charge in [-0.1, -0.05) is 158 Å². The van der Waals surface area contributed by atoms with Gasteiger partial charge in [-0.15, -0.1) is 0 Å². The molecule has 0 unspecified atom stereocenters. The van der Waals surface area contributed by atoms with Crippen LogP contribution in [0.15, 0.2) is 174 Å². The highest BCUT2D eigenvalue weighted by molar-refractivity contribution is 6.28. The fourth-order valence-electron chi connectivity index (χ4n) is 7.32. The summed E-state index contributed by atoms with van der Waals surface area (Å²) >= 11 is 0. The maximum Gasteiger partial charge on any atom is 0.143 e. The fourth-order valence-corrected chi connectivity index (χ4v) is 7.32. The molecule has 0 bridgehead atoms. The predicted octanol–water partition coefficient (Wildman–Crippen LogP) is 13.2. The van der Waals surface area contributed by atoms with Gasteiger partial charge in [-0.25, -0.2) is 0 Å². The molecule has 0 amide bonds. The first-order chi connectivity index (χ1) is 26.7. The Balaban J connectivity index is 1.50. The molecule has 0 saturated carbocycles. The van der Waals surface area contributed by atoms with Gasteiger partial charge in [0.25, 0.3) is 0 Å². The first kappa shape index (κ1) is 19.4. The van der Waals surface area contributed by atoms with Crippen molar-refractivity contribution in [3.05, 3.63) is 170 Å². The smallest absolute Gasteiger partial charge is 0.143 e. The van der Waals surface area contributed by atoms with Crippen LogP contribution in [0.2, 0.25) is 0 Å². The molecule has 1 aromatic heterocycles. The summed E-state index contributed by atoms with van der Waals surface area (Å²) in [4.78, 5) is 0. The molecule has 1 heteroatoms. The maximum atomic E-state index is 9.56. The summed E-state index contributed by atoms with van der Waals surface area (Å²) in [6.07, 6.45) is 0. The Bertz CT molecular complexity index is 3220. The van der Waals surface area contributed by atoms with Crippen molar-refractivity contribution < 1.29 is 15.4 Å². The second-order valence-corrected chi connectivity index (χ2v) is 11.8. The Kier molecular flexibility index (Phi) is 4.19. The first-order valence-electron chi connectivity index (χ1n) is 19.5. The SMILES string of the molecule is [2H]c1c([2H])c([2H])c2c(-c3cccc4oc5c6ccccc6ccc5c34)c3c([2H])c([2H])c([2H])c([2H])c3c(-c3ccc4ccccc4c3-c3ccccc3)c2c1[2H]. The van der Waals surface area contributed by atoms with Crippen LogP contribution in [0.4, 0.5) is 0 Å². The molecule has 0 spiro atoms. The molecule has 0 aliphatic heterocycles. The highest BCUT2D eigenvalue weighted by Gasteiger charge is 2.22. The first-order valence-corrected chi connectivity index (χ1v) is 15.5. The molecular formula is C46H28O. The Morgan fingerprint density at radius 3 is 1.66 bits per heavy atom. The molecule has 9 aromatic carbocycles. The molecule has 0 N–H and O–H groups in total.